The molecule has 0 aliphatic carbocycles. The first-order chi connectivity index (χ1) is 16.7. The summed E-state index contributed by atoms with van der Waals surface area (Å²) >= 11 is 5.46. The maximum absolute atomic E-state index is 13.3. The summed E-state index contributed by atoms with van der Waals surface area (Å²) in [7, 11) is 0. The second kappa shape index (κ2) is 8.83. The van der Waals surface area contributed by atoms with Crippen molar-refractivity contribution in [2.45, 2.75) is 12.8 Å². The highest BCUT2D eigenvalue weighted by molar-refractivity contribution is 9.10. The van der Waals surface area contributed by atoms with Crippen LogP contribution in [0.4, 0.5) is 0 Å². The summed E-state index contributed by atoms with van der Waals surface area (Å²) in [5.41, 5.74) is 4.47. The van der Waals surface area contributed by atoms with Crippen molar-refractivity contribution in [3.63, 3.8) is 0 Å². The molecule has 1 nitrogen and oxygen atoms in total. The number of aryl methyl sites for hydroxylation is 1. The first-order valence-corrected chi connectivity index (χ1v) is 13.0. The molecule has 1 aromatic heterocycles. The molecule has 3 heteroatoms. The fraction of sp³-hybridized carbons (Fsp3) is 0.0645. The van der Waals surface area contributed by atoms with Crippen molar-refractivity contribution in [2.75, 3.05) is 0 Å². The Morgan fingerprint density at radius 1 is 0.647 bits per heavy atom. The molecular formula is C31H21BrOS. The molecule has 34 heavy (non-hydrogen) atoms. The van der Waals surface area contributed by atoms with Crippen LogP contribution in [0.5, 0.6) is 0 Å². The average molecular weight is 521 g/mol. The van der Waals surface area contributed by atoms with Crippen molar-refractivity contribution >= 4 is 64.0 Å². The molecule has 164 valence electrons. The maximum Gasteiger partial charge on any atom is 0.163 e. The molecule has 0 saturated carbocycles. The lowest BCUT2D eigenvalue weighted by Gasteiger charge is -2.12. The third-order valence-electron chi connectivity index (χ3n) is 6.50. The van der Waals surface area contributed by atoms with Crippen LogP contribution in [-0.2, 0) is 6.42 Å². The topological polar surface area (TPSA) is 17.1 Å². The van der Waals surface area contributed by atoms with Gasteiger partial charge >= 0.3 is 0 Å². The highest BCUT2D eigenvalue weighted by Gasteiger charge is 2.15. The van der Waals surface area contributed by atoms with Gasteiger partial charge < -0.3 is 0 Å². The average Bonchev–Trinajstić information content (AvgIpc) is 3.27. The fourth-order valence-corrected chi connectivity index (χ4v) is 6.56. The SMILES string of the molecule is O=C(CCc1ccccc1-c1cccc2c1sc1ccccc12)c1ccc(Br)c2ccccc12. The van der Waals surface area contributed by atoms with Crippen LogP contribution in [0.3, 0.4) is 0 Å². The normalized spacial score (nSPS) is 11.4. The zero-order valence-electron chi connectivity index (χ0n) is 18.4. The molecule has 0 bridgehead atoms. The van der Waals surface area contributed by atoms with Crippen LogP contribution < -0.4 is 0 Å². The molecule has 0 aliphatic rings. The minimum absolute atomic E-state index is 0.179. The van der Waals surface area contributed by atoms with Gasteiger partial charge in [-0.2, -0.15) is 0 Å². The van der Waals surface area contributed by atoms with Gasteiger partial charge in [0.2, 0.25) is 0 Å². The summed E-state index contributed by atoms with van der Waals surface area (Å²) < 4.78 is 3.63. The number of carbonyl (C=O) groups is 1. The summed E-state index contributed by atoms with van der Waals surface area (Å²) in [4.78, 5) is 13.3. The van der Waals surface area contributed by atoms with E-state index in [0.717, 1.165) is 20.8 Å². The highest BCUT2D eigenvalue weighted by atomic mass is 79.9. The van der Waals surface area contributed by atoms with Gasteiger partial charge in [0.1, 0.15) is 0 Å². The quantitative estimate of drug-likeness (QED) is 0.207. The van der Waals surface area contributed by atoms with Gasteiger partial charge in [0.15, 0.2) is 5.78 Å². The largest absolute Gasteiger partial charge is 0.294 e. The van der Waals surface area contributed by atoms with E-state index < -0.39 is 0 Å². The van der Waals surface area contributed by atoms with Crippen molar-refractivity contribution in [1.82, 2.24) is 0 Å². The number of fused-ring (bicyclic) bond motifs is 4. The van der Waals surface area contributed by atoms with E-state index in [4.69, 9.17) is 0 Å². The molecule has 0 saturated heterocycles. The second-order valence-corrected chi connectivity index (χ2v) is 10.4. The van der Waals surface area contributed by atoms with E-state index >= 15 is 0 Å². The minimum atomic E-state index is 0.179. The van der Waals surface area contributed by atoms with Gasteiger partial charge in [-0.25, -0.2) is 0 Å². The summed E-state index contributed by atoms with van der Waals surface area (Å²) in [5, 5.41) is 4.68. The number of thiophene rings is 1. The molecule has 0 unspecified atom stereocenters. The second-order valence-electron chi connectivity index (χ2n) is 8.50. The lowest BCUT2D eigenvalue weighted by atomic mass is 9.93. The zero-order valence-corrected chi connectivity index (χ0v) is 20.8. The van der Waals surface area contributed by atoms with Crippen molar-refractivity contribution in [3.8, 4) is 11.1 Å². The predicted molar refractivity (Wildman–Crippen MR) is 149 cm³/mol. The van der Waals surface area contributed by atoms with Crippen LogP contribution in [0, 0.1) is 0 Å². The van der Waals surface area contributed by atoms with E-state index in [-0.39, 0.29) is 5.78 Å². The molecule has 0 fully saturated rings. The molecule has 0 spiro atoms. The van der Waals surface area contributed by atoms with Crippen molar-refractivity contribution in [1.29, 1.82) is 0 Å². The predicted octanol–water partition coefficient (Wildman–Crippen LogP) is 9.45. The Bertz CT molecular complexity index is 1700. The molecular weight excluding hydrogens is 500 g/mol. The first-order valence-electron chi connectivity index (χ1n) is 11.4. The van der Waals surface area contributed by atoms with Crippen LogP contribution in [0.2, 0.25) is 0 Å². The Balaban J connectivity index is 1.37. The molecule has 0 aliphatic heterocycles. The zero-order chi connectivity index (χ0) is 23.1. The Morgan fingerprint density at radius 3 is 2.21 bits per heavy atom. The summed E-state index contributed by atoms with van der Waals surface area (Å²) in [6.45, 7) is 0. The summed E-state index contributed by atoms with van der Waals surface area (Å²) in [5.74, 6) is 0.179. The number of hydrogen-bond acceptors (Lipinski definition) is 2. The molecule has 6 aromatic rings. The van der Waals surface area contributed by atoms with E-state index in [2.05, 4.69) is 88.7 Å². The monoisotopic (exact) mass is 520 g/mol. The minimum Gasteiger partial charge on any atom is -0.294 e. The van der Waals surface area contributed by atoms with Gasteiger partial charge in [-0.05, 0) is 52.1 Å². The third kappa shape index (κ3) is 3.66. The van der Waals surface area contributed by atoms with Crippen LogP contribution in [0.25, 0.3) is 42.1 Å². The van der Waals surface area contributed by atoms with Crippen LogP contribution in [0.1, 0.15) is 22.3 Å². The molecule has 0 radical (unpaired) electrons. The third-order valence-corrected chi connectivity index (χ3v) is 8.42. The van der Waals surface area contributed by atoms with Gasteiger partial charge in [-0.15, -0.1) is 11.3 Å². The number of rotatable bonds is 5. The van der Waals surface area contributed by atoms with Crippen LogP contribution >= 0.6 is 27.3 Å². The lowest BCUT2D eigenvalue weighted by molar-refractivity contribution is 0.0984. The number of benzene rings is 5. The van der Waals surface area contributed by atoms with Gasteiger partial charge in [-0.1, -0.05) is 101 Å². The first kappa shape index (κ1) is 21.3. The van der Waals surface area contributed by atoms with Gasteiger partial charge in [0, 0.05) is 36.6 Å². The van der Waals surface area contributed by atoms with E-state index in [1.54, 1.807) is 0 Å². The van der Waals surface area contributed by atoms with Gasteiger partial charge in [-0.3, -0.25) is 4.79 Å². The Hall–Kier alpha value is -3.27. The molecule has 0 N–H and O–H groups in total. The van der Waals surface area contributed by atoms with E-state index in [0.29, 0.717) is 12.8 Å². The number of halogens is 1. The molecule has 1 heterocycles. The lowest BCUT2D eigenvalue weighted by Crippen LogP contribution is -2.03. The maximum atomic E-state index is 13.3. The highest BCUT2D eigenvalue weighted by Crippen LogP contribution is 2.40. The molecule has 5 aromatic carbocycles. The van der Waals surface area contributed by atoms with Crippen molar-refractivity contribution in [2.24, 2.45) is 0 Å². The summed E-state index contributed by atoms with van der Waals surface area (Å²) in [6, 6.07) is 35.7. The van der Waals surface area contributed by atoms with Crippen molar-refractivity contribution in [3.05, 3.63) is 119 Å². The summed E-state index contributed by atoms with van der Waals surface area (Å²) in [6.07, 6.45) is 1.19. The van der Waals surface area contributed by atoms with Gasteiger partial charge in [0.25, 0.3) is 0 Å². The fourth-order valence-electron chi connectivity index (χ4n) is 4.85. The van der Waals surface area contributed by atoms with Crippen LogP contribution in [0.15, 0.2) is 108 Å². The standard InChI is InChI=1S/C31H21BrOS/c32-28-18-17-24(22-10-3-4-11-23(22)28)29(33)19-16-20-8-1-2-9-21(20)26-13-7-14-27-25-12-5-6-15-30(25)34-31(26)27/h1-15,17-18H,16,19H2. The Labute approximate surface area is 210 Å². The van der Waals surface area contributed by atoms with E-state index in [1.807, 2.05) is 41.7 Å². The van der Waals surface area contributed by atoms with Gasteiger partial charge in [0.05, 0.1) is 0 Å². The number of hydrogen-bond donors (Lipinski definition) is 0. The molecule has 0 amide bonds. The molecule has 0 atom stereocenters. The smallest absolute Gasteiger partial charge is 0.163 e. The van der Waals surface area contributed by atoms with Crippen molar-refractivity contribution < 1.29 is 4.79 Å². The Kier molecular flexibility index (Phi) is 5.52. The molecule has 6 rings (SSSR count). The number of carbonyl (C=O) groups excluding carboxylic acids is 1. The van der Waals surface area contributed by atoms with E-state index in [1.165, 1.54) is 36.9 Å². The van der Waals surface area contributed by atoms with E-state index in [9.17, 15) is 4.79 Å². The number of Topliss-reactive ketones (excluding diaryl/α,β-unsaturated/α-hetero) is 1. The number of ketones is 1. The van der Waals surface area contributed by atoms with Crippen LogP contribution in [-0.4, -0.2) is 5.78 Å². The Morgan fingerprint density at radius 2 is 1.32 bits per heavy atom.